The van der Waals surface area contributed by atoms with Crippen molar-refractivity contribution >= 4 is 45.8 Å². The fraction of sp³-hybridized carbons (Fsp3) is 0. The van der Waals surface area contributed by atoms with Crippen molar-refractivity contribution in [2.45, 2.75) is 0 Å². The molecule has 42 heavy (non-hydrogen) atoms. The highest BCUT2D eigenvalue weighted by atomic mass is 14.2. The van der Waals surface area contributed by atoms with Crippen molar-refractivity contribution in [2.75, 3.05) is 0 Å². The monoisotopic (exact) mass is 534 g/mol. The summed E-state index contributed by atoms with van der Waals surface area (Å²) in [6.45, 7) is 0. The maximum Gasteiger partial charge on any atom is -0.00262 e. The van der Waals surface area contributed by atoms with Crippen LogP contribution < -0.4 is 0 Å². The number of fused-ring (bicyclic) bond motifs is 2. The molecule has 0 spiro atoms. The van der Waals surface area contributed by atoms with Crippen molar-refractivity contribution in [1.82, 2.24) is 0 Å². The first-order valence-electron chi connectivity index (χ1n) is 14.4. The molecule has 0 aromatic heterocycles. The Hall–Kier alpha value is -5.46. The predicted octanol–water partition coefficient (Wildman–Crippen LogP) is 11.7. The van der Waals surface area contributed by atoms with Crippen LogP contribution in [0, 0.1) is 0 Å². The largest absolute Gasteiger partial charge is 0.0622 e. The van der Waals surface area contributed by atoms with E-state index < -0.39 is 0 Å². The summed E-state index contributed by atoms with van der Waals surface area (Å²) in [6, 6.07) is 56.4. The lowest BCUT2D eigenvalue weighted by Gasteiger charge is -2.18. The predicted molar refractivity (Wildman–Crippen MR) is 183 cm³/mol. The Balaban J connectivity index is 1.38. The maximum absolute atomic E-state index is 2.31. The molecule has 0 saturated heterocycles. The minimum absolute atomic E-state index is 1.19. The summed E-state index contributed by atoms with van der Waals surface area (Å²) in [5, 5.41) is 5.06. The van der Waals surface area contributed by atoms with Crippen LogP contribution in [-0.2, 0) is 0 Å². The van der Waals surface area contributed by atoms with E-state index >= 15 is 0 Å². The zero-order valence-corrected chi connectivity index (χ0v) is 23.3. The van der Waals surface area contributed by atoms with Gasteiger partial charge in [-0.1, -0.05) is 170 Å². The van der Waals surface area contributed by atoms with E-state index in [9.17, 15) is 0 Å². The molecule has 0 fully saturated rings. The zero-order chi connectivity index (χ0) is 28.1. The van der Waals surface area contributed by atoms with E-state index in [1.54, 1.807) is 0 Å². The Morgan fingerprint density at radius 3 is 0.952 bits per heavy atom. The van der Waals surface area contributed by atoms with Gasteiger partial charge >= 0.3 is 0 Å². The summed E-state index contributed by atoms with van der Waals surface area (Å²) in [6.07, 6.45) is 8.76. The second kappa shape index (κ2) is 11.6. The van der Waals surface area contributed by atoms with Crippen LogP contribution in [0.15, 0.2) is 158 Å². The molecular weight excluding hydrogens is 504 g/mol. The van der Waals surface area contributed by atoms with Gasteiger partial charge in [-0.05, 0) is 78.2 Å². The van der Waals surface area contributed by atoms with Crippen LogP contribution in [0.3, 0.4) is 0 Å². The Labute approximate surface area is 247 Å². The van der Waals surface area contributed by atoms with Crippen molar-refractivity contribution in [2.24, 2.45) is 0 Å². The number of rotatable bonds is 6. The van der Waals surface area contributed by atoms with Gasteiger partial charge in [-0.3, -0.25) is 0 Å². The summed E-state index contributed by atoms with van der Waals surface area (Å²) in [7, 11) is 0. The first kappa shape index (κ1) is 25.5. The van der Waals surface area contributed by atoms with Gasteiger partial charge in [0.1, 0.15) is 0 Å². The molecule has 0 heteroatoms. The summed E-state index contributed by atoms with van der Waals surface area (Å²) < 4.78 is 0. The normalized spacial score (nSPS) is 11.6. The highest BCUT2D eigenvalue weighted by molar-refractivity contribution is 6.21. The zero-order valence-electron chi connectivity index (χ0n) is 23.3. The van der Waals surface area contributed by atoms with Gasteiger partial charge in [0, 0.05) is 0 Å². The molecule has 7 aromatic carbocycles. The topological polar surface area (TPSA) is 0 Å². The average Bonchev–Trinajstić information content (AvgIpc) is 3.06. The third-order valence-corrected chi connectivity index (χ3v) is 7.82. The highest BCUT2D eigenvalue weighted by Gasteiger charge is 2.16. The Morgan fingerprint density at radius 1 is 0.262 bits per heavy atom. The number of hydrogen-bond donors (Lipinski definition) is 0. The van der Waals surface area contributed by atoms with Gasteiger partial charge in [-0.2, -0.15) is 0 Å². The molecule has 0 saturated carbocycles. The van der Waals surface area contributed by atoms with Gasteiger partial charge in [0.15, 0.2) is 0 Å². The summed E-state index contributed by atoms with van der Waals surface area (Å²) in [5.41, 5.74) is 9.78. The van der Waals surface area contributed by atoms with Gasteiger partial charge in [0.25, 0.3) is 0 Å². The standard InChI is InChI=1S/C42H30/c1-3-13-31(14-4-1)25-27-33-17-11-19-35(29-33)41-37-21-7-9-23-39(37)42(40-24-10-8-22-38(40)41)36-20-12-18-34(30-36)28-26-32-15-5-2-6-16-32/h1-30H. The molecule has 0 radical (unpaired) electrons. The molecule has 0 N–H and O–H groups in total. The van der Waals surface area contributed by atoms with Gasteiger partial charge < -0.3 is 0 Å². The Kier molecular flexibility index (Phi) is 7.02. The van der Waals surface area contributed by atoms with E-state index in [2.05, 4.69) is 182 Å². The lowest BCUT2D eigenvalue weighted by atomic mass is 9.85. The van der Waals surface area contributed by atoms with Crippen molar-refractivity contribution in [3.05, 3.63) is 180 Å². The summed E-state index contributed by atoms with van der Waals surface area (Å²) >= 11 is 0. The fourth-order valence-electron chi connectivity index (χ4n) is 5.86. The molecule has 0 aliphatic rings. The maximum atomic E-state index is 2.31. The van der Waals surface area contributed by atoms with Crippen LogP contribution in [-0.4, -0.2) is 0 Å². The second-order valence-corrected chi connectivity index (χ2v) is 10.6. The van der Waals surface area contributed by atoms with E-state index in [0.29, 0.717) is 0 Å². The molecule has 0 bridgehead atoms. The van der Waals surface area contributed by atoms with Crippen molar-refractivity contribution in [3.8, 4) is 22.3 Å². The molecular formula is C42H30. The molecule has 7 aromatic rings. The van der Waals surface area contributed by atoms with E-state index in [-0.39, 0.29) is 0 Å². The molecule has 0 aliphatic carbocycles. The van der Waals surface area contributed by atoms with Crippen LogP contribution in [0.4, 0.5) is 0 Å². The SMILES string of the molecule is C(=Cc1cccc(-c2c3ccccc3c(-c3cccc(C=Cc4ccccc4)c3)c3ccccc23)c1)c1ccccc1. The second-order valence-electron chi connectivity index (χ2n) is 10.6. The van der Waals surface area contributed by atoms with Crippen LogP contribution in [0.25, 0.3) is 68.1 Å². The third kappa shape index (κ3) is 5.19. The number of hydrogen-bond acceptors (Lipinski definition) is 0. The van der Waals surface area contributed by atoms with Gasteiger partial charge in [-0.25, -0.2) is 0 Å². The van der Waals surface area contributed by atoms with Crippen LogP contribution in [0.5, 0.6) is 0 Å². The van der Waals surface area contributed by atoms with Gasteiger partial charge in [0.05, 0.1) is 0 Å². The van der Waals surface area contributed by atoms with Gasteiger partial charge in [0.2, 0.25) is 0 Å². The Morgan fingerprint density at radius 2 is 0.571 bits per heavy atom. The van der Waals surface area contributed by atoms with Gasteiger partial charge in [-0.15, -0.1) is 0 Å². The fourth-order valence-corrected chi connectivity index (χ4v) is 5.86. The summed E-state index contributed by atoms with van der Waals surface area (Å²) in [4.78, 5) is 0. The first-order chi connectivity index (χ1) is 20.8. The molecule has 0 amide bonds. The first-order valence-corrected chi connectivity index (χ1v) is 14.4. The molecule has 0 nitrogen and oxygen atoms in total. The molecule has 198 valence electrons. The molecule has 7 rings (SSSR count). The lowest BCUT2D eigenvalue weighted by Crippen LogP contribution is -1.91. The third-order valence-electron chi connectivity index (χ3n) is 7.82. The van der Waals surface area contributed by atoms with Crippen molar-refractivity contribution in [1.29, 1.82) is 0 Å². The van der Waals surface area contributed by atoms with Crippen LogP contribution in [0.1, 0.15) is 22.3 Å². The average molecular weight is 535 g/mol. The minimum Gasteiger partial charge on any atom is -0.0622 e. The van der Waals surface area contributed by atoms with E-state index in [4.69, 9.17) is 0 Å². The van der Waals surface area contributed by atoms with E-state index in [0.717, 1.165) is 0 Å². The quantitative estimate of drug-likeness (QED) is 0.147. The molecule has 0 unspecified atom stereocenters. The minimum atomic E-state index is 1.19. The lowest BCUT2D eigenvalue weighted by molar-refractivity contribution is 1.62. The molecule has 0 heterocycles. The smallest absolute Gasteiger partial charge is 0.00262 e. The summed E-state index contributed by atoms with van der Waals surface area (Å²) in [5.74, 6) is 0. The number of benzene rings is 7. The van der Waals surface area contributed by atoms with E-state index in [1.807, 2.05) is 0 Å². The van der Waals surface area contributed by atoms with Crippen molar-refractivity contribution in [3.63, 3.8) is 0 Å². The highest BCUT2D eigenvalue weighted by Crippen LogP contribution is 2.43. The van der Waals surface area contributed by atoms with E-state index in [1.165, 1.54) is 66.1 Å². The van der Waals surface area contributed by atoms with Crippen molar-refractivity contribution < 1.29 is 0 Å². The molecule has 0 aliphatic heterocycles. The molecule has 0 atom stereocenters. The Bertz CT molecular complexity index is 1850. The van der Waals surface area contributed by atoms with Crippen LogP contribution in [0.2, 0.25) is 0 Å². The van der Waals surface area contributed by atoms with Crippen LogP contribution >= 0.6 is 0 Å².